The Morgan fingerprint density at radius 3 is 2.24 bits per heavy atom. The van der Waals surface area contributed by atoms with Gasteiger partial charge in [-0.25, -0.2) is 0 Å². The fraction of sp³-hybridized carbons (Fsp3) is 0.346. The third kappa shape index (κ3) is 3.17. The van der Waals surface area contributed by atoms with E-state index in [0.717, 1.165) is 6.42 Å². The fourth-order valence-electron chi connectivity index (χ4n) is 6.25. The van der Waals surface area contributed by atoms with E-state index in [9.17, 15) is 14.4 Å². The molecule has 34 heavy (non-hydrogen) atoms. The first-order valence-electron chi connectivity index (χ1n) is 11.3. The minimum Gasteiger partial charge on any atom is -0.289 e. The highest BCUT2D eigenvalue weighted by atomic mass is 35.5. The third-order valence-electron chi connectivity index (χ3n) is 7.97. The normalized spacial score (nSPS) is 30.4. The molecule has 1 aliphatic heterocycles. The summed E-state index contributed by atoms with van der Waals surface area (Å²) in [5, 5.41) is 1.08. The molecule has 2 aromatic carbocycles. The SMILES string of the molecule is Cc1c(Cl)cccc1N(CN1C(=O)C2C3C=CC(C4CC34)C2C1=O)C(=O)c1ccc(Cl)cc1Cl. The van der Waals surface area contributed by atoms with E-state index in [1.54, 1.807) is 37.3 Å². The molecular weight excluding hydrogens is 495 g/mol. The highest BCUT2D eigenvalue weighted by Gasteiger charge is 2.67. The van der Waals surface area contributed by atoms with Crippen LogP contribution in [-0.2, 0) is 9.59 Å². The summed E-state index contributed by atoms with van der Waals surface area (Å²) in [6, 6.07) is 9.84. The lowest BCUT2D eigenvalue weighted by atomic mass is 9.63. The molecule has 3 amide bonds. The smallest absolute Gasteiger partial charge is 0.261 e. The number of likely N-dealkylation sites (tertiary alicyclic amines) is 1. The zero-order valence-electron chi connectivity index (χ0n) is 18.3. The molecule has 2 saturated carbocycles. The summed E-state index contributed by atoms with van der Waals surface area (Å²) in [5.74, 6) is -0.244. The maximum atomic E-state index is 13.8. The minimum atomic E-state index is -0.438. The first-order chi connectivity index (χ1) is 16.3. The average molecular weight is 516 g/mol. The van der Waals surface area contributed by atoms with Crippen LogP contribution in [0.3, 0.4) is 0 Å². The van der Waals surface area contributed by atoms with Crippen molar-refractivity contribution in [3.8, 4) is 0 Å². The van der Waals surface area contributed by atoms with Crippen molar-refractivity contribution in [3.63, 3.8) is 0 Å². The molecule has 1 saturated heterocycles. The van der Waals surface area contributed by atoms with E-state index >= 15 is 0 Å². The summed E-state index contributed by atoms with van der Waals surface area (Å²) in [5.41, 5.74) is 1.41. The summed E-state index contributed by atoms with van der Waals surface area (Å²) in [6.07, 6.45) is 5.36. The highest BCUT2D eigenvalue weighted by molar-refractivity contribution is 6.37. The largest absolute Gasteiger partial charge is 0.289 e. The Balaban J connectivity index is 1.38. The van der Waals surface area contributed by atoms with Gasteiger partial charge in [-0.1, -0.05) is 53.0 Å². The van der Waals surface area contributed by atoms with Gasteiger partial charge in [-0.3, -0.25) is 24.2 Å². The Labute approximate surface area is 212 Å². The minimum absolute atomic E-state index is 0.115. The number of amides is 3. The molecule has 3 fully saturated rings. The van der Waals surface area contributed by atoms with Crippen molar-refractivity contribution in [2.45, 2.75) is 13.3 Å². The van der Waals surface area contributed by atoms with Crippen LogP contribution in [-0.4, -0.2) is 29.3 Å². The monoisotopic (exact) mass is 514 g/mol. The van der Waals surface area contributed by atoms with Crippen molar-refractivity contribution in [1.82, 2.24) is 4.90 Å². The molecule has 6 unspecified atom stereocenters. The van der Waals surface area contributed by atoms with E-state index in [0.29, 0.717) is 33.1 Å². The van der Waals surface area contributed by atoms with Crippen LogP contribution in [0.15, 0.2) is 48.6 Å². The van der Waals surface area contributed by atoms with E-state index in [4.69, 9.17) is 34.8 Å². The summed E-state index contributed by atoms with van der Waals surface area (Å²) >= 11 is 18.7. The summed E-state index contributed by atoms with van der Waals surface area (Å²) in [7, 11) is 0. The molecule has 0 radical (unpaired) electrons. The number of carbonyl (C=O) groups excluding carboxylic acids is 3. The quantitative estimate of drug-likeness (QED) is 0.393. The lowest BCUT2D eigenvalue weighted by Gasteiger charge is -2.37. The van der Waals surface area contributed by atoms with Gasteiger partial charge >= 0.3 is 0 Å². The second-order valence-corrected chi connectivity index (χ2v) is 10.9. The van der Waals surface area contributed by atoms with Gasteiger partial charge in [0.15, 0.2) is 0 Å². The van der Waals surface area contributed by atoms with Crippen molar-refractivity contribution in [3.05, 3.63) is 74.7 Å². The zero-order valence-corrected chi connectivity index (χ0v) is 20.5. The molecule has 6 atom stereocenters. The number of nitrogens with zero attached hydrogens (tertiary/aromatic N) is 2. The Morgan fingerprint density at radius 2 is 1.62 bits per heavy atom. The van der Waals surface area contributed by atoms with E-state index < -0.39 is 5.91 Å². The van der Waals surface area contributed by atoms with Crippen LogP contribution in [0, 0.1) is 42.4 Å². The van der Waals surface area contributed by atoms with Crippen LogP contribution in [0.25, 0.3) is 0 Å². The fourth-order valence-corrected chi connectivity index (χ4v) is 6.91. The van der Waals surface area contributed by atoms with Crippen LogP contribution in [0.2, 0.25) is 15.1 Å². The molecule has 7 rings (SSSR count). The number of anilines is 1. The van der Waals surface area contributed by atoms with Crippen LogP contribution in [0.4, 0.5) is 5.69 Å². The molecule has 4 aliphatic carbocycles. The summed E-state index contributed by atoms with van der Waals surface area (Å²) in [6.45, 7) is 1.60. The number of carbonyl (C=O) groups is 3. The number of rotatable bonds is 4. The van der Waals surface area contributed by atoms with Crippen LogP contribution >= 0.6 is 34.8 Å². The van der Waals surface area contributed by atoms with Gasteiger partial charge < -0.3 is 0 Å². The van der Waals surface area contributed by atoms with Crippen molar-refractivity contribution in [1.29, 1.82) is 0 Å². The molecule has 1 heterocycles. The van der Waals surface area contributed by atoms with Gasteiger partial charge in [0.25, 0.3) is 5.91 Å². The molecule has 2 bridgehead atoms. The summed E-state index contributed by atoms with van der Waals surface area (Å²) in [4.78, 5) is 43.5. The van der Waals surface area contributed by atoms with Gasteiger partial charge in [-0.15, -0.1) is 0 Å². The molecule has 0 N–H and O–H groups in total. The number of imide groups is 1. The van der Waals surface area contributed by atoms with Crippen molar-refractivity contribution in [2.24, 2.45) is 35.5 Å². The average Bonchev–Trinajstić information content (AvgIpc) is 3.59. The van der Waals surface area contributed by atoms with Crippen molar-refractivity contribution < 1.29 is 14.4 Å². The maximum absolute atomic E-state index is 13.8. The van der Waals surface area contributed by atoms with Crippen LogP contribution < -0.4 is 4.90 Å². The Bertz CT molecular complexity index is 1260. The molecule has 0 spiro atoms. The van der Waals surface area contributed by atoms with Gasteiger partial charge in [-0.2, -0.15) is 0 Å². The van der Waals surface area contributed by atoms with Crippen molar-refractivity contribution >= 4 is 58.2 Å². The van der Waals surface area contributed by atoms with Gasteiger partial charge in [0.1, 0.15) is 6.67 Å². The molecule has 5 aliphatic rings. The predicted octanol–water partition coefficient (Wildman–Crippen LogP) is 5.61. The second kappa shape index (κ2) is 7.84. The first kappa shape index (κ1) is 22.1. The third-order valence-corrected chi connectivity index (χ3v) is 8.93. The van der Waals surface area contributed by atoms with Gasteiger partial charge in [-0.05, 0) is 72.9 Å². The number of benzene rings is 2. The number of hydrogen-bond donors (Lipinski definition) is 0. The van der Waals surface area contributed by atoms with Crippen LogP contribution in [0.5, 0.6) is 0 Å². The molecule has 5 nitrogen and oxygen atoms in total. The predicted molar refractivity (Wildman–Crippen MR) is 131 cm³/mol. The number of allylic oxidation sites excluding steroid dienone is 2. The molecule has 2 aromatic rings. The lowest BCUT2D eigenvalue weighted by Crippen LogP contribution is -2.45. The van der Waals surface area contributed by atoms with Crippen LogP contribution in [0.1, 0.15) is 22.3 Å². The van der Waals surface area contributed by atoms with E-state index in [2.05, 4.69) is 12.2 Å². The lowest BCUT2D eigenvalue weighted by molar-refractivity contribution is -0.140. The zero-order chi connectivity index (χ0) is 23.9. The van der Waals surface area contributed by atoms with Gasteiger partial charge in [0.05, 0.1) is 28.1 Å². The summed E-state index contributed by atoms with van der Waals surface area (Å²) < 4.78 is 0. The molecule has 174 valence electrons. The molecular formula is C26H21Cl3N2O3. The Hall–Kier alpha value is -2.34. The van der Waals surface area contributed by atoms with E-state index in [1.165, 1.54) is 15.9 Å². The number of hydrogen-bond acceptors (Lipinski definition) is 3. The second-order valence-electron chi connectivity index (χ2n) is 9.64. The van der Waals surface area contributed by atoms with Gasteiger partial charge in [0, 0.05) is 10.0 Å². The Morgan fingerprint density at radius 1 is 0.971 bits per heavy atom. The first-order valence-corrected chi connectivity index (χ1v) is 12.5. The topological polar surface area (TPSA) is 57.7 Å². The molecule has 8 heteroatoms. The van der Waals surface area contributed by atoms with Crippen molar-refractivity contribution in [2.75, 3.05) is 11.6 Å². The Kier molecular flexibility index (Phi) is 5.11. The van der Waals surface area contributed by atoms with E-state index in [1.807, 2.05) is 0 Å². The van der Waals surface area contributed by atoms with E-state index in [-0.39, 0.29) is 52.7 Å². The maximum Gasteiger partial charge on any atom is 0.261 e. The number of halogens is 3. The van der Waals surface area contributed by atoms with Gasteiger partial charge in [0.2, 0.25) is 11.8 Å². The standard InChI is InChI=1S/C26H21Cl3N2O3/c1-12-19(28)3-2-4-21(12)30(24(32)16-6-5-13(27)9-20(16)29)11-31-25(33)22-14-7-8-15(18-10-17(14)18)23(22)26(31)34/h2-9,14-15,17-18,22-23H,10-11H2,1H3. The molecule has 0 aromatic heterocycles. The highest BCUT2D eigenvalue weighted by Crippen LogP contribution is 2.65.